The van der Waals surface area contributed by atoms with Gasteiger partial charge in [0.05, 0.1) is 24.8 Å². The lowest BCUT2D eigenvalue weighted by atomic mass is 9.86. The number of hydrogen-bond acceptors (Lipinski definition) is 4. The average molecular weight is 313 g/mol. The van der Waals surface area contributed by atoms with Crippen molar-refractivity contribution in [2.45, 2.75) is 32.5 Å². The number of ether oxygens (including phenoxy) is 1. The van der Waals surface area contributed by atoms with E-state index in [1.165, 1.54) is 5.56 Å². The highest BCUT2D eigenvalue weighted by atomic mass is 16.5. The van der Waals surface area contributed by atoms with Gasteiger partial charge in [0.2, 0.25) is 0 Å². The SMILES string of the molecule is CC(C)N(C)[C@@H]1COC[C@@H]2CN(Cc3cccc(C#N)c3)C[C@@H]21. The summed E-state index contributed by atoms with van der Waals surface area (Å²) in [7, 11) is 2.22. The maximum absolute atomic E-state index is 9.05. The fraction of sp³-hybridized carbons (Fsp3) is 0.632. The van der Waals surface area contributed by atoms with Crippen LogP contribution in [0.25, 0.3) is 0 Å². The van der Waals surface area contributed by atoms with Gasteiger partial charge in [-0.15, -0.1) is 0 Å². The number of likely N-dealkylation sites (tertiary alicyclic amines) is 1. The minimum absolute atomic E-state index is 0.518. The molecular formula is C19H27N3O. The number of likely N-dealkylation sites (N-methyl/N-ethyl adjacent to an activating group) is 1. The molecule has 1 aromatic carbocycles. The zero-order valence-corrected chi connectivity index (χ0v) is 14.4. The maximum Gasteiger partial charge on any atom is 0.0991 e. The molecule has 2 heterocycles. The summed E-state index contributed by atoms with van der Waals surface area (Å²) in [6, 6.07) is 11.3. The summed E-state index contributed by atoms with van der Waals surface area (Å²) in [6.45, 7) is 9.42. The minimum Gasteiger partial charge on any atom is -0.379 e. The average Bonchev–Trinajstić information content (AvgIpc) is 2.96. The minimum atomic E-state index is 0.518. The van der Waals surface area contributed by atoms with E-state index in [0.717, 1.165) is 38.4 Å². The highest BCUT2D eigenvalue weighted by Gasteiger charge is 2.42. The van der Waals surface area contributed by atoms with Crippen molar-refractivity contribution in [2.24, 2.45) is 11.8 Å². The van der Waals surface area contributed by atoms with E-state index in [1.807, 2.05) is 18.2 Å². The first-order valence-electron chi connectivity index (χ1n) is 8.59. The Bertz CT molecular complexity index is 580. The molecule has 0 unspecified atom stereocenters. The molecule has 124 valence electrons. The molecule has 0 aromatic heterocycles. The van der Waals surface area contributed by atoms with Gasteiger partial charge in [-0.2, -0.15) is 5.26 Å². The number of hydrogen-bond donors (Lipinski definition) is 0. The third-order valence-electron chi connectivity index (χ3n) is 5.48. The van der Waals surface area contributed by atoms with E-state index in [9.17, 15) is 0 Å². The zero-order valence-electron chi connectivity index (χ0n) is 14.4. The standard InChI is InChI=1S/C19H27N3O/c1-14(2)21(3)19-13-23-12-17-10-22(11-18(17)19)9-16-6-4-5-15(7-16)8-20/h4-7,14,17-19H,9-13H2,1-3H3/t17-,18-,19+/m0/s1. The van der Waals surface area contributed by atoms with Crippen molar-refractivity contribution in [3.05, 3.63) is 35.4 Å². The van der Waals surface area contributed by atoms with Gasteiger partial charge < -0.3 is 4.74 Å². The topological polar surface area (TPSA) is 39.5 Å². The molecule has 1 aromatic rings. The van der Waals surface area contributed by atoms with Crippen LogP contribution in [-0.2, 0) is 11.3 Å². The van der Waals surface area contributed by atoms with Crippen LogP contribution in [0.4, 0.5) is 0 Å². The van der Waals surface area contributed by atoms with Crippen LogP contribution in [0, 0.1) is 23.2 Å². The Morgan fingerprint density at radius 2 is 2.17 bits per heavy atom. The molecule has 0 bridgehead atoms. The van der Waals surface area contributed by atoms with Gasteiger partial charge in [-0.05, 0) is 44.5 Å². The first kappa shape index (κ1) is 16.4. The third-order valence-corrected chi connectivity index (χ3v) is 5.48. The van der Waals surface area contributed by atoms with E-state index in [4.69, 9.17) is 10.00 Å². The molecule has 3 rings (SSSR count). The van der Waals surface area contributed by atoms with Crippen LogP contribution in [-0.4, -0.2) is 55.2 Å². The Labute approximate surface area is 139 Å². The van der Waals surface area contributed by atoms with Gasteiger partial charge in [-0.1, -0.05) is 12.1 Å². The smallest absolute Gasteiger partial charge is 0.0991 e. The second kappa shape index (κ2) is 7.00. The van der Waals surface area contributed by atoms with E-state index in [1.54, 1.807) is 0 Å². The molecule has 2 aliphatic heterocycles. The summed E-state index contributed by atoms with van der Waals surface area (Å²) in [4.78, 5) is 5.00. The van der Waals surface area contributed by atoms with Crippen molar-refractivity contribution >= 4 is 0 Å². The monoisotopic (exact) mass is 313 g/mol. The molecule has 0 saturated carbocycles. The molecular weight excluding hydrogens is 286 g/mol. The van der Waals surface area contributed by atoms with E-state index < -0.39 is 0 Å². The van der Waals surface area contributed by atoms with Gasteiger partial charge in [0.25, 0.3) is 0 Å². The third kappa shape index (κ3) is 3.58. The number of benzene rings is 1. The van der Waals surface area contributed by atoms with Gasteiger partial charge in [-0.25, -0.2) is 0 Å². The summed E-state index contributed by atoms with van der Waals surface area (Å²) in [5, 5.41) is 9.05. The quantitative estimate of drug-likeness (QED) is 0.855. The largest absolute Gasteiger partial charge is 0.379 e. The van der Waals surface area contributed by atoms with Gasteiger partial charge >= 0.3 is 0 Å². The second-order valence-electron chi connectivity index (χ2n) is 7.29. The highest BCUT2D eigenvalue weighted by Crippen LogP contribution is 2.33. The Hall–Kier alpha value is -1.41. The predicted octanol–water partition coefficient (Wildman–Crippen LogP) is 2.35. The summed E-state index contributed by atoms with van der Waals surface area (Å²) < 4.78 is 5.89. The van der Waals surface area contributed by atoms with Crippen LogP contribution < -0.4 is 0 Å². The van der Waals surface area contributed by atoms with Crippen LogP contribution in [0.2, 0.25) is 0 Å². The fourth-order valence-electron chi connectivity index (χ4n) is 3.99. The molecule has 0 radical (unpaired) electrons. The first-order valence-corrected chi connectivity index (χ1v) is 8.59. The molecule has 4 nitrogen and oxygen atoms in total. The predicted molar refractivity (Wildman–Crippen MR) is 90.9 cm³/mol. The summed E-state index contributed by atoms with van der Waals surface area (Å²) in [5.41, 5.74) is 1.98. The molecule has 2 fully saturated rings. The van der Waals surface area contributed by atoms with Crippen molar-refractivity contribution < 1.29 is 4.74 Å². The Kier molecular flexibility index (Phi) is 5.01. The summed E-state index contributed by atoms with van der Waals surface area (Å²) >= 11 is 0. The molecule has 0 amide bonds. The van der Waals surface area contributed by atoms with Crippen molar-refractivity contribution in [1.82, 2.24) is 9.80 Å². The Balaban J connectivity index is 1.67. The highest BCUT2D eigenvalue weighted by molar-refractivity contribution is 5.32. The van der Waals surface area contributed by atoms with Crippen LogP contribution in [0.1, 0.15) is 25.0 Å². The number of nitrogens with zero attached hydrogens (tertiary/aromatic N) is 3. The molecule has 0 spiro atoms. The summed E-state index contributed by atoms with van der Waals surface area (Å²) in [5.74, 6) is 1.32. The fourth-order valence-corrected chi connectivity index (χ4v) is 3.99. The van der Waals surface area contributed by atoms with Crippen molar-refractivity contribution in [3.8, 4) is 6.07 Å². The molecule has 2 aliphatic rings. The number of rotatable bonds is 4. The van der Waals surface area contributed by atoms with E-state index >= 15 is 0 Å². The van der Waals surface area contributed by atoms with Crippen molar-refractivity contribution in [1.29, 1.82) is 5.26 Å². The number of fused-ring (bicyclic) bond motifs is 1. The maximum atomic E-state index is 9.05. The molecule has 0 aliphatic carbocycles. The van der Waals surface area contributed by atoms with Gasteiger partial charge in [0.1, 0.15) is 0 Å². The molecule has 2 saturated heterocycles. The first-order chi connectivity index (χ1) is 11.1. The van der Waals surface area contributed by atoms with Gasteiger partial charge in [-0.3, -0.25) is 9.80 Å². The van der Waals surface area contributed by atoms with Crippen molar-refractivity contribution in [3.63, 3.8) is 0 Å². The Morgan fingerprint density at radius 3 is 2.91 bits per heavy atom. The van der Waals surface area contributed by atoms with Crippen LogP contribution in [0.5, 0.6) is 0 Å². The van der Waals surface area contributed by atoms with E-state index in [-0.39, 0.29) is 0 Å². The Morgan fingerprint density at radius 1 is 1.35 bits per heavy atom. The van der Waals surface area contributed by atoms with Gasteiger partial charge in [0, 0.05) is 37.6 Å². The lowest BCUT2D eigenvalue weighted by Crippen LogP contribution is -2.50. The number of nitriles is 1. The summed E-state index contributed by atoms with van der Waals surface area (Å²) in [6.07, 6.45) is 0. The lowest BCUT2D eigenvalue weighted by Gasteiger charge is -2.40. The molecule has 0 N–H and O–H groups in total. The lowest BCUT2D eigenvalue weighted by molar-refractivity contribution is -0.0381. The van der Waals surface area contributed by atoms with Crippen LogP contribution in [0.3, 0.4) is 0 Å². The van der Waals surface area contributed by atoms with E-state index in [0.29, 0.717) is 23.9 Å². The van der Waals surface area contributed by atoms with Crippen molar-refractivity contribution in [2.75, 3.05) is 33.4 Å². The van der Waals surface area contributed by atoms with E-state index in [2.05, 4.69) is 42.8 Å². The van der Waals surface area contributed by atoms with Crippen LogP contribution in [0.15, 0.2) is 24.3 Å². The zero-order chi connectivity index (χ0) is 16.4. The van der Waals surface area contributed by atoms with Crippen LogP contribution >= 0.6 is 0 Å². The molecule has 4 heteroatoms. The molecule has 23 heavy (non-hydrogen) atoms. The molecule has 3 atom stereocenters. The normalized spacial score (nSPS) is 28.1. The second-order valence-corrected chi connectivity index (χ2v) is 7.29. The van der Waals surface area contributed by atoms with Gasteiger partial charge in [0.15, 0.2) is 0 Å².